The van der Waals surface area contributed by atoms with Crippen LogP contribution in [-0.4, -0.2) is 30.8 Å². The van der Waals surface area contributed by atoms with Gasteiger partial charge in [-0.25, -0.2) is 9.18 Å². The molecule has 0 saturated heterocycles. The van der Waals surface area contributed by atoms with Crippen LogP contribution in [0.4, 0.5) is 17.6 Å². The van der Waals surface area contributed by atoms with Gasteiger partial charge in [-0.15, -0.1) is 0 Å². The fourth-order valence-electron chi connectivity index (χ4n) is 2.68. The molecule has 0 radical (unpaired) electrons. The second kappa shape index (κ2) is 9.54. The van der Waals surface area contributed by atoms with E-state index in [1.54, 1.807) is 12.1 Å². The van der Waals surface area contributed by atoms with E-state index < -0.39 is 55.5 Å². The van der Waals surface area contributed by atoms with Crippen LogP contribution in [0.15, 0.2) is 62.7 Å². The van der Waals surface area contributed by atoms with Crippen molar-refractivity contribution in [2.75, 3.05) is 6.61 Å². The van der Waals surface area contributed by atoms with Crippen LogP contribution in [0.25, 0.3) is 5.69 Å². The Labute approximate surface area is 198 Å². The molecule has 0 amide bonds. The number of halogens is 5. The molecular formula is C20H13BrF4N2O6S. The molecule has 0 N–H and O–H groups in total. The van der Waals surface area contributed by atoms with E-state index >= 15 is 0 Å². The predicted molar refractivity (Wildman–Crippen MR) is 113 cm³/mol. The number of nitrogens with zero attached hydrogens (tertiary/aromatic N) is 2. The zero-order valence-electron chi connectivity index (χ0n) is 17.0. The van der Waals surface area contributed by atoms with Crippen molar-refractivity contribution < 1.29 is 39.7 Å². The summed E-state index contributed by atoms with van der Waals surface area (Å²) < 4.78 is 88.7. The number of aromatic nitrogens is 2. The van der Waals surface area contributed by atoms with Gasteiger partial charge in [0.15, 0.2) is 5.75 Å². The van der Waals surface area contributed by atoms with Crippen LogP contribution in [0.3, 0.4) is 0 Å². The molecule has 0 fully saturated rings. The molecule has 3 rings (SSSR count). The largest absolute Gasteiger partial charge is 0.461 e. The number of benzene rings is 2. The van der Waals surface area contributed by atoms with Crippen LogP contribution in [-0.2, 0) is 21.0 Å². The lowest BCUT2D eigenvalue weighted by Gasteiger charge is -2.14. The third-order valence-corrected chi connectivity index (χ3v) is 5.87. The summed E-state index contributed by atoms with van der Waals surface area (Å²) in [5.41, 5.74) is -3.30. The van der Waals surface area contributed by atoms with Gasteiger partial charge in [-0.3, -0.25) is 4.79 Å². The maximum atomic E-state index is 13.5. The third kappa shape index (κ3) is 5.44. The molecule has 180 valence electrons. The minimum atomic E-state index is -5.18. The minimum Gasteiger partial charge on any atom is -0.461 e. The molecular weight excluding hydrogens is 552 g/mol. The standard InChI is InChI=1S/C20H13BrF4N2O6S/c1-2-32-19(29)18-16(10-17(28)27(26-18)12-5-3-4-11(21)8-12)33-34(30,31)13-6-7-15(22)14(9-13)20(23,24)25/h3-10H,2H2,1H3. The Balaban J connectivity index is 2.13. The van der Waals surface area contributed by atoms with Crippen molar-refractivity contribution in [1.82, 2.24) is 9.78 Å². The number of ether oxygens (including phenoxy) is 1. The summed E-state index contributed by atoms with van der Waals surface area (Å²) in [4.78, 5) is 23.9. The lowest BCUT2D eigenvalue weighted by Crippen LogP contribution is -2.26. The third-order valence-electron chi connectivity index (χ3n) is 4.15. The molecule has 1 heterocycles. The Morgan fingerprint density at radius 2 is 1.85 bits per heavy atom. The van der Waals surface area contributed by atoms with Gasteiger partial charge in [0.25, 0.3) is 5.56 Å². The lowest BCUT2D eigenvalue weighted by atomic mass is 10.2. The Kier molecular flexibility index (Phi) is 7.12. The van der Waals surface area contributed by atoms with Crippen molar-refractivity contribution in [2.45, 2.75) is 18.0 Å². The number of alkyl halides is 3. The van der Waals surface area contributed by atoms with Gasteiger partial charge in [0.05, 0.1) is 23.9 Å². The van der Waals surface area contributed by atoms with Crippen molar-refractivity contribution in [3.8, 4) is 11.4 Å². The fraction of sp³-hybridized carbons (Fsp3) is 0.150. The van der Waals surface area contributed by atoms with E-state index in [1.165, 1.54) is 19.1 Å². The highest BCUT2D eigenvalue weighted by atomic mass is 79.9. The highest BCUT2D eigenvalue weighted by Crippen LogP contribution is 2.33. The zero-order valence-corrected chi connectivity index (χ0v) is 19.4. The van der Waals surface area contributed by atoms with Gasteiger partial charge < -0.3 is 8.92 Å². The number of esters is 1. The van der Waals surface area contributed by atoms with Gasteiger partial charge >= 0.3 is 22.3 Å². The van der Waals surface area contributed by atoms with E-state index in [2.05, 4.69) is 21.0 Å². The van der Waals surface area contributed by atoms with E-state index in [9.17, 15) is 35.6 Å². The Morgan fingerprint density at radius 1 is 1.15 bits per heavy atom. The molecule has 14 heteroatoms. The van der Waals surface area contributed by atoms with Crippen LogP contribution >= 0.6 is 15.9 Å². The zero-order chi connectivity index (χ0) is 25.3. The average molecular weight is 565 g/mol. The fourth-order valence-corrected chi connectivity index (χ4v) is 4.02. The molecule has 8 nitrogen and oxygen atoms in total. The predicted octanol–water partition coefficient (Wildman–Crippen LogP) is 4.10. The molecule has 2 aromatic carbocycles. The summed E-state index contributed by atoms with van der Waals surface area (Å²) in [6, 6.07) is 7.67. The topological polar surface area (TPSA) is 105 Å². The van der Waals surface area contributed by atoms with Gasteiger partial charge in [0.2, 0.25) is 5.69 Å². The van der Waals surface area contributed by atoms with Crippen molar-refractivity contribution >= 4 is 32.0 Å². The number of carbonyl (C=O) groups is 1. The number of rotatable bonds is 6. The summed E-state index contributed by atoms with van der Waals surface area (Å²) >= 11 is 3.22. The highest BCUT2D eigenvalue weighted by molar-refractivity contribution is 9.10. The smallest absolute Gasteiger partial charge is 0.419 e. The van der Waals surface area contributed by atoms with Crippen molar-refractivity contribution in [2.24, 2.45) is 0 Å². The van der Waals surface area contributed by atoms with Crippen LogP contribution in [0.2, 0.25) is 0 Å². The highest BCUT2D eigenvalue weighted by Gasteiger charge is 2.36. The number of hydrogen-bond acceptors (Lipinski definition) is 7. The first kappa shape index (κ1) is 25.4. The Hall–Kier alpha value is -3.26. The molecule has 0 saturated carbocycles. The average Bonchev–Trinajstić information content (AvgIpc) is 2.73. The maximum Gasteiger partial charge on any atom is 0.419 e. The quantitative estimate of drug-likeness (QED) is 0.252. The van der Waals surface area contributed by atoms with Gasteiger partial charge in [-0.1, -0.05) is 22.0 Å². The van der Waals surface area contributed by atoms with E-state index in [0.29, 0.717) is 22.7 Å². The van der Waals surface area contributed by atoms with E-state index in [0.717, 1.165) is 4.68 Å². The number of carbonyl (C=O) groups excluding carboxylic acids is 1. The van der Waals surface area contributed by atoms with Crippen LogP contribution in [0.1, 0.15) is 23.0 Å². The van der Waals surface area contributed by atoms with Crippen LogP contribution in [0, 0.1) is 5.82 Å². The molecule has 3 aromatic rings. The first-order valence-electron chi connectivity index (χ1n) is 9.22. The van der Waals surface area contributed by atoms with Crippen molar-refractivity contribution in [3.63, 3.8) is 0 Å². The molecule has 0 atom stereocenters. The molecule has 34 heavy (non-hydrogen) atoms. The summed E-state index contributed by atoms with van der Waals surface area (Å²) in [6.07, 6.45) is -5.18. The Bertz CT molecular complexity index is 1420. The summed E-state index contributed by atoms with van der Waals surface area (Å²) in [7, 11) is -5.05. The van der Waals surface area contributed by atoms with E-state index in [1.807, 2.05) is 0 Å². The summed E-state index contributed by atoms with van der Waals surface area (Å²) in [5, 5.41) is 3.83. The number of hydrogen-bond donors (Lipinski definition) is 0. The molecule has 0 aliphatic heterocycles. The molecule has 0 spiro atoms. The van der Waals surface area contributed by atoms with E-state index in [-0.39, 0.29) is 18.4 Å². The molecule has 1 aromatic heterocycles. The van der Waals surface area contributed by atoms with Gasteiger partial charge in [-0.2, -0.15) is 31.4 Å². The van der Waals surface area contributed by atoms with Crippen molar-refractivity contribution in [3.05, 3.63) is 80.4 Å². The normalized spacial score (nSPS) is 11.8. The monoisotopic (exact) mass is 564 g/mol. The van der Waals surface area contributed by atoms with Crippen LogP contribution in [0.5, 0.6) is 5.75 Å². The second-order valence-corrected chi connectivity index (χ2v) is 8.95. The lowest BCUT2D eigenvalue weighted by molar-refractivity contribution is -0.140. The molecule has 0 aliphatic carbocycles. The SMILES string of the molecule is CCOC(=O)c1nn(-c2cccc(Br)c2)c(=O)cc1OS(=O)(=O)c1ccc(F)c(C(F)(F)F)c1. The molecule has 0 aliphatic rings. The summed E-state index contributed by atoms with van der Waals surface area (Å²) in [5.74, 6) is -3.74. The summed E-state index contributed by atoms with van der Waals surface area (Å²) in [6.45, 7) is 1.31. The first-order valence-corrected chi connectivity index (χ1v) is 11.4. The Morgan fingerprint density at radius 3 is 2.47 bits per heavy atom. The van der Waals surface area contributed by atoms with E-state index in [4.69, 9.17) is 8.92 Å². The van der Waals surface area contributed by atoms with Crippen molar-refractivity contribution in [1.29, 1.82) is 0 Å². The minimum absolute atomic E-state index is 0.0326. The van der Waals surface area contributed by atoms with Gasteiger partial charge in [0, 0.05) is 4.47 Å². The maximum absolute atomic E-state index is 13.5. The van der Waals surface area contributed by atoms with Gasteiger partial charge in [-0.05, 0) is 43.3 Å². The first-order chi connectivity index (χ1) is 15.8. The second-order valence-electron chi connectivity index (χ2n) is 6.48. The molecule has 0 unspecified atom stereocenters. The van der Waals surface area contributed by atoms with Gasteiger partial charge in [0.1, 0.15) is 10.7 Å². The van der Waals surface area contributed by atoms with Crippen LogP contribution < -0.4 is 9.74 Å². The molecule has 0 bridgehead atoms.